The summed E-state index contributed by atoms with van der Waals surface area (Å²) < 4.78 is 10.6. The summed E-state index contributed by atoms with van der Waals surface area (Å²) in [4.78, 5) is 15.7. The smallest absolute Gasteiger partial charge is 0.261 e. The summed E-state index contributed by atoms with van der Waals surface area (Å²) in [7, 11) is 0. The number of ether oxygens (including phenoxy) is 1. The van der Waals surface area contributed by atoms with Crippen LogP contribution in [-0.2, 0) is 11.3 Å². The second-order valence-electron chi connectivity index (χ2n) is 3.94. The highest BCUT2D eigenvalue weighted by Gasteiger charge is 2.16. The number of carbonyl (C=O) groups excluding carboxylic acids is 1. The average molecular weight is 261 g/mol. The molecular formula is C13H15N3O3. The Morgan fingerprint density at radius 2 is 2.37 bits per heavy atom. The standard InChI is InChI=1S/C13H15N3O3/c1-9(19-11-5-2-6-15-12(11)14)13(17)16-8-10-4-3-7-18-10/h2-7,9H,8H2,1H3,(H2,14,15)(H,16,17). The number of nitrogens with zero attached hydrogens (tertiary/aromatic N) is 1. The molecule has 0 spiro atoms. The second-order valence-corrected chi connectivity index (χ2v) is 3.94. The highest BCUT2D eigenvalue weighted by molar-refractivity contribution is 5.80. The molecule has 0 aromatic carbocycles. The van der Waals surface area contributed by atoms with Crippen molar-refractivity contribution in [2.45, 2.75) is 19.6 Å². The Morgan fingerprint density at radius 1 is 1.53 bits per heavy atom. The van der Waals surface area contributed by atoms with Gasteiger partial charge in [-0.15, -0.1) is 0 Å². The van der Waals surface area contributed by atoms with Gasteiger partial charge in [0.1, 0.15) is 5.76 Å². The fraction of sp³-hybridized carbons (Fsp3) is 0.231. The molecule has 2 rings (SSSR count). The molecular weight excluding hydrogens is 246 g/mol. The molecule has 0 radical (unpaired) electrons. The number of nitrogens with one attached hydrogen (secondary N) is 1. The molecule has 0 bridgehead atoms. The highest BCUT2D eigenvalue weighted by atomic mass is 16.5. The maximum atomic E-state index is 11.8. The van der Waals surface area contributed by atoms with Crippen LogP contribution in [0, 0.1) is 0 Å². The third-order valence-corrected chi connectivity index (χ3v) is 2.49. The lowest BCUT2D eigenvalue weighted by Gasteiger charge is -2.14. The first-order valence-electron chi connectivity index (χ1n) is 5.84. The van der Waals surface area contributed by atoms with Gasteiger partial charge in [-0.25, -0.2) is 4.98 Å². The molecule has 1 atom stereocenters. The number of furan rings is 1. The van der Waals surface area contributed by atoms with Crippen molar-refractivity contribution >= 4 is 11.7 Å². The van der Waals surface area contributed by atoms with E-state index in [0.29, 0.717) is 18.1 Å². The first-order chi connectivity index (χ1) is 9.16. The molecule has 2 heterocycles. The third kappa shape index (κ3) is 3.48. The Balaban J connectivity index is 1.87. The van der Waals surface area contributed by atoms with Crippen molar-refractivity contribution in [3.8, 4) is 5.75 Å². The van der Waals surface area contributed by atoms with E-state index >= 15 is 0 Å². The predicted octanol–water partition coefficient (Wildman–Crippen LogP) is 1.34. The van der Waals surface area contributed by atoms with Crippen LogP contribution < -0.4 is 15.8 Å². The van der Waals surface area contributed by atoms with Crippen LogP contribution in [0.5, 0.6) is 5.75 Å². The normalized spacial score (nSPS) is 11.8. The van der Waals surface area contributed by atoms with E-state index in [1.807, 2.05) is 0 Å². The zero-order valence-electron chi connectivity index (χ0n) is 10.5. The van der Waals surface area contributed by atoms with Crippen molar-refractivity contribution in [2.24, 2.45) is 0 Å². The van der Waals surface area contributed by atoms with Gasteiger partial charge in [0.05, 0.1) is 12.8 Å². The van der Waals surface area contributed by atoms with Crippen molar-refractivity contribution in [1.82, 2.24) is 10.3 Å². The number of nitrogen functional groups attached to an aromatic ring is 1. The summed E-state index contributed by atoms with van der Waals surface area (Å²) >= 11 is 0. The van der Waals surface area contributed by atoms with E-state index in [4.69, 9.17) is 14.9 Å². The molecule has 6 heteroatoms. The molecule has 0 fully saturated rings. The van der Waals surface area contributed by atoms with Gasteiger partial charge in [-0.2, -0.15) is 0 Å². The molecule has 1 unspecified atom stereocenters. The number of anilines is 1. The van der Waals surface area contributed by atoms with Crippen molar-refractivity contribution in [3.63, 3.8) is 0 Å². The molecule has 0 aliphatic rings. The maximum absolute atomic E-state index is 11.8. The molecule has 2 aromatic rings. The minimum absolute atomic E-state index is 0.250. The summed E-state index contributed by atoms with van der Waals surface area (Å²) in [5.41, 5.74) is 5.64. The summed E-state index contributed by atoms with van der Waals surface area (Å²) in [6.45, 7) is 1.96. The zero-order chi connectivity index (χ0) is 13.7. The average Bonchev–Trinajstić information content (AvgIpc) is 2.91. The van der Waals surface area contributed by atoms with E-state index in [1.165, 1.54) is 0 Å². The summed E-state index contributed by atoms with van der Waals surface area (Å²) in [6, 6.07) is 6.90. The van der Waals surface area contributed by atoms with E-state index in [1.54, 1.807) is 43.6 Å². The van der Waals surface area contributed by atoms with Crippen molar-refractivity contribution in [1.29, 1.82) is 0 Å². The topological polar surface area (TPSA) is 90.4 Å². The fourth-order valence-corrected chi connectivity index (χ4v) is 1.48. The first-order valence-corrected chi connectivity index (χ1v) is 5.84. The van der Waals surface area contributed by atoms with Crippen molar-refractivity contribution in [2.75, 3.05) is 5.73 Å². The Hall–Kier alpha value is -2.50. The van der Waals surface area contributed by atoms with Gasteiger partial charge in [-0.05, 0) is 31.2 Å². The van der Waals surface area contributed by atoms with E-state index in [9.17, 15) is 4.79 Å². The van der Waals surface area contributed by atoms with Crippen LogP contribution in [0.4, 0.5) is 5.82 Å². The van der Waals surface area contributed by atoms with Gasteiger partial charge in [-0.1, -0.05) is 0 Å². The summed E-state index contributed by atoms with van der Waals surface area (Å²) in [5.74, 6) is 1.08. The first kappa shape index (κ1) is 12.9. The molecule has 1 amide bonds. The van der Waals surface area contributed by atoms with Gasteiger partial charge in [0.15, 0.2) is 17.7 Å². The largest absolute Gasteiger partial charge is 0.477 e. The number of pyridine rings is 1. The van der Waals surface area contributed by atoms with E-state index < -0.39 is 6.10 Å². The molecule has 0 saturated carbocycles. The zero-order valence-corrected chi connectivity index (χ0v) is 10.5. The lowest BCUT2D eigenvalue weighted by molar-refractivity contribution is -0.127. The van der Waals surface area contributed by atoms with Crippen molar-refractivity contribution in [3.05, 3.63) is 42.5 Å². The molecule has 0 aliphatic carbocycles. The molecule has 0 aliphatic heterocycles. The molecule has 3 N–H and O–H groups in total. The number of rotatable bonds is 5. The van der Waals surface area contributed by atoms with E-state index in [0.717, 1.165) is 0 Å². The fourth-order valence-electron chi connectivity index (χ4n) is 1.48. The van der Waals surface area contributed by atoms with Gasteiger partial charge < -0.3 is 20.2 Å². The van der Waals surface area contributed by atoms with E-state index in [2.05, 4.69) is 10.3 Å². The Kier molecular flexibility index (Phi) is 4.02. The maximum Gasteiger partial charge on any atom is 0.261 e. The van der Waals surface area contributed by atoms with Gasteiger partial charge in [0.2, 0.25) is 0 Å². The number of nitrogens with two attached hydrogens (primary N) is 1. The molecule has 0 saturated heterocycles. The monoisotopic (exact) mass is 261 g/mol. The number of carbonyl (C=O) groups is 1. The number of hydrogen-bond donors (Lipinski definition) is 2. The molecule has 100 valence electrons. The van der Waals surface area contributed by atoms with Gasteiger partial charge >= 0.3 is 0 Å². The van der Waals surface area contributed by atoms with Crippen LogP contribution in [0.25, 0.3) is 0 Å². The summed E-state index contributed by atoms with van der Waals surface area (Å²) in [6.07, 6.45) is 2.45. The number of amides is 1. The van der Waals surface area contributed by atoms with Crippen LogP contribution in [0.15, 0.2) is 41.1 Å². The van der Waals surface area contributed by atoms with Crippen LogP contribution >= 0.6 is 0 Å². The number of hydrogen-bond acceptors (Lipinski definition) is 5. The van der Waals surface area contributed by atoms with E-state index in [-0.39, 0.29) is 11.7 Å². The molecule has 19 heavy (non-hydrogen) atoms. The number of aromatic nitrogens is 1. The van der Waals surface area contributed by atoms with Gasteiger partial charge in [0.25, 0.3) is 5.91 Å². The van der Waals surface area contributed by atoms with Crippen LogP contribution in [-0.4, -0.2) is 17.0 Å². The minimum atomic E-state index is -0.665. The lowest BCUT2D eigenvalue weighted by atomic mass is 10.3. The minimum Gasteiger partial charge on any atom is -0.477 e. The van der Waals surface area contributed by atoms with Crippen LogP contribution in [0.3, 0.4) is 0 Å². The highest BCUT2D eigenvalue weighted by Crippen LogP contribution is 2.18. The van der Waals surface area contributed by atoms with Gasteiger partial charge in [0, 0.05) is 6.20 Å². The predicted molar refractivity (Wildman–Crippen MR) is 69.3 cm³/mol. The Morgan fingerprint density at radius 3 is 3.05 bits per heavy atom. The van der Waals surface area contributed by atoms with Crippen LogP contribution in [0.1, 0.15) is 12.7 Å². The lowest BCUT2D eigenvalue weighted by Crippen LogP contribution is -2.36. The third-order valence-electron chi connectivity index (χ3n) is 2.49. The quantitative estimate of drug-likeness (QED) is 0.847. The van der Waals surface area contributed by atoms with Gasteiger partial charge in [-0.3, -0.25) is 4.79 Å². The Bertz CT molecular complexity index is 540. The second kappa shape index (κ2) is 5.90. The van der Waals surface area contributed by atoms with Crippen molar-refractivity contribution < 1.29 is 13.9 Å². The SMILES string of the molecule is CC(Oc1cccnc1N)C(=O)NCc1ccco1. The molecule has 6 nitrogen and oxygen atoms in total. The Labute approximate surface area is 110 Å². The summed E-state index contributed by atoms with van der Waals surface area (Å²) in [5, 5.41) is 2.71. The molecule has 2 aromatic heterocycles. The van der Waals surface area contributed by atoms with Crippen LogP contribution in [0.2, 0.25) is 0 Å².